The summed E-state index contributed by atoms with van der Waals surface area (Å²) in [5.74, 6) is -1.63. The smallest absolute Gasteiger partial charge is 0.471 e. The van der Waals surface area contributed by atoms with Crippen molar-refractivity contribution in [3.8, 4) is 0 Å². The van der Waals surface area contributed by atoms with Crippen molar-refractivity contribution in [2.75, 3.05) is 0 Å². The van der Waals surface area contributed by atoms with Crippen molar-refractivity contribution >= 4 is 13.8 Å². The highest BCUT2D eigenvalue weighted by Crippen LogP contribution is 2.37. The van der Waals surface area contributed by atoms with Gasteiger partial charge >= 0.3 is 13.8 Å². The maximum atomic E-state index is 10.0. The van der Waals surface area contributed by atoms with Gasteiger partial charge in [0.15, 0.2) is 12.3 Å². The number of carbonyl (C=O) groups is 1. The summed E-state index contributed by atoms with van der Waals surface area (Å²) in [4.78, 5) is 26.2. The lowest BCUT2D eigenvalue weighted by Gasteiger charge is -2.15. The second-order valence-electron chi connectivity index (χ2n) is 1.85. The van der Waals surface area contributed by atoms with Crippen LogP contribution in [0.15, 0.2) is 0 Å². The van der Waals surface area contributed by atoms with E-state index in [2.05, 4.69) is 4.52 Å². The lowest BCUT2D eigenvalue weighted by Crippen LogP contribution is -2.42. The molecular weight excluding hydrogens is 193 g/mol. The van der Waals surface area contributed by atoms with Crippen LogP contribution in [0.1, 0.15) is 0 Å². The maximum Gasteiger partial charge on any atom is 0.471 e. The molecule has 8 nitrogen and oxygen atoms in total. The third-order valence-electron chi connectivity index (χ3n) is 0.838. The van der Waals surface area contributed by atoms with Crippen LogP contribution in [0.25, 0.3) is 0 Å². The zero-order valence-corrected chi connectivity index (χ0v) is 6.59. The Labute approximate surface area is 66.8 Å². The van der Waals surface area contributed by atoms with E-state index in [1.54, 1.807) is 0 Å². The maximum absolute atomic E-state index is 10.0. The van der Waals surface area contributed by atoms with Crippen LogP contribution >= 0.6 is 7.82 Å². The van der Waals surface area contributed by atoms with Gasteiger partial charge in [0.25, 0.3) is 0 Å². The van der Waals surface area contributed by atoms with Crippen molar-refractivity contribution in [3.63, 3.8) is 0 Å². The molecule has 0 spiro atoms. The van der Waals surface area contributed by atoms with E-state index in [-0.39, 0.29) is 0 Å². The Morgan fingerprint density at radius 3 is 2.17 bits per heavy atom. The topological polar surface area (TPSA) is 150 Å². The van der Waals surface area contributed by atoms with Crippen molar-refractivity contribution in [1.82, 2.24) is 0 Å². The molecule has 72 valence electrons. The molecule has 9 heteroatoms. The molecule has 0 rings (SSSR count). The van der Waals surface area contributed by atoms with Crippen LogP contribution in [0.2, 0.25) is 0 Å². The van der Waals surface area contributed by atoms with E-state index in [9.17, 15) is 9.36 Å². The van der Waals surface area contributed by atoms with Gasteiger partial charge in [-0.3, -0.25) is 9.32 Å². The number of aliphatic hydroxyl groups is 1. The van der Waals surface area contributed by atoms with Crippen molar-refractivity contribution < 1.29 is 33.9 Å². The molecule has 0 saturated carbocycles. The fourth-order valence-electron chi connectivity index (χ4n) is 0.328. The number of rotatable bonds is 4. The molecule has 0 aromatic carbocycles. The summed E-state index contributed by atoms with van der Waals surface area (Å²) < 4.78 is 13.6. The Bertz CT molecular complexity index is 211. The first-order valence-electron chi connectivity index (χ1n) is 2.64. The quantitative estimate of drug-likeness (QED) is 0.254. The molecule has 0 aromatic heterocycles. The SMILES string of the molecule is NC(C(=O)O)C(O)OP(=O)(O)O. The van der Waals surface area contributed by atoms with Crippen LogP contribution in [0, 0.1) is 0 Å². The molecule has 0 fully saturated rings. The number of hydrogen-bond acceptors (Lipinski definition) is 5. The lowest BCUT2D eigenvalue weighted by atomic mass is 10.3. The van der Waals surface area contributed by atoms with Gasteiger partial charge in [0.1, 0.15) is 0 Å². The molecule has 2 unspecified atom stereocenters. The summed E-state index contributed by atoms with van der Waals surface area (Å²) >= 11 is 0. The average Bonchev–Trinajstić information content (AvgIpc) is 1.82. The van der Waals surface area contributed by atoms with Crippen LogP contribution < -0.4 is 5.73 Å². The van der Waals surface area contributed by atoms with E-state index < -0.39 is 26.1 Å². The second-order valence-corrected chi connectivity index (χ2v) is 3.04. The van der Waals surface area contributed by atoms with Gasteiger partial charge in [0.2, 0.25) is 0 Å². The van der Waals surface area contributed by atoms with Crippen molar-refractivity contribution in [1.29, 1.82) is 0 Å². The van der Waals surface area contributed by atoms with Gasteiger partial charge < -0.3 is 25.7 Å². The molecular formula is C3H8NO7P. The number of carboxylic acid groups (broad SMARTS) is 1. The van der Waals surface area contributed by atoms with Crippen LogP contribution in [0.4, 0.5) is 0 Å². The normalized spacial score (nSPS) is 17.0. The number of aliphatic hydroxyl groups excluding tert-OH is 1. The average molecular weight is 201 g/mol. The van der Waals surface area contributed by atoms with Gasteiger partial charge in [0.05, 0.1) is 0 Å². The Morgan fingerprint density at radius 1 is 1.50 bits per heavy atom. The summed E-state index contributed by atoms with van der Waals surface area (Å²) in [6.07, 6.45) is -2.23. The monoisotopic (exact) mass is 201 g/mol. The zero-order chi connectivity index (χ0) is 9.94. The highest BCUT2D eigenvalue weighted by atomic mass is 31.2. The van der Waals surface area contributed by atoms with Crippen LogP contribution in [-0.2, 0) is 13.9 Å². The molecule has 0 aliphatic rings. The third-order valence-corrected chi connectivity index (χ3v) is 1.33. The summed E-state index contributed by atoms with van der Waals surface area (Å²) in [5, 5.41) is 16.7. The van der Waals surface area contributed by atoms with Gasteiger partial charge in [-0.25, -0.2) is 4.57 Å². The van der Waals surface area contributed by atoms with Gasteiger partial charge in [-0.05, 0) is 0 Å². The van der Waals surface area contributed by atoms with Crippen LogP contribution in [0.3, 0.4) is 0 Å². The fourth-order valence-corrected chi connectivity index (χ4v) is 0.741. The molecule has 0 aliphatic carbocycles. The first kappa shape index (κ1) is 11.5. The standard InChI is InChI=1S/C3H8NO7P/c4-1(2(5)6)3(7)11-12(8,9)10/h1,3,7H,4H2,(H,5,6)(H2,8,9,10). The van der Waals surface area contributed by atoms with Crippen molar-refractivity contribution in [3.05, 3.63) is 0 Å². The van der Waals surface area contributed by atoms with Gasteiger partial charge in [-0.15, -0.1) is 0 Å². The lowest BCUT2D eigenvalue weighted by molar-refractivity contribution is -0.148. The van der Waals surface area contributed by atoms with Crippen LogP contribution in [-0.4, -0.2) is 38.3 Å². The van der Waals surface area contributed by atoms with E-state index >= 15 is 0 Å². The number of hydrogen-bond donors (Lipinski definition) is 5. The molecule has 0 heterocycles. The minimum atomic E-state index is -4.91. The summed E-state index contributed by atoms with van der Waals surface area (Å²) in [6.45, 7) is 0. The highest BCUT2D eigenvalue weighted by molar-refractivity contribution is 7.46. The Hall–Kier alpha value is -0.500. The molecule has 2 atom stereocenters. The number of nitrogens with two attached hydrogens (primary N) is 1. The summed E-state index contributed by atoms with van der Waals surface area (Å²) in [5.41, 5.74) is 4.75. The zero-order valence-electron chi connectivity index (χ0n) is 5.69. The summed E-state index contributed by atoms with van der Waals surface area (Å²) in [7, 11) is -4.91. The minimum absolute atomic E-state index is 1.63. The van der Waals surface area contributed by atoms with E-state index in [0.717, 1.165) is 0 Å². The molecule has 12 heavy (non-hydrogen) atoms. The largest absolute Gasteiger partial charge is 0.480 e. The molecule has 0 aromatic rings. The Morgan fingerprint density at radius 2 is 1.92 bits per heavy atom. The number of phosphoric ester groups is 1. The van der Waals surface area contributed by atoms with Gasteiger partial charge in [-0.2, -0.15) is 0 Å². The molecule has 0 radical (unpaired) electrons. The van der Waals surface area contributed by atoms with E-state index in [4.69, 9.17) is 25.7 Å². The van der Waals surface area contributed by atoms with E-state index in [1.165, 1.54) is 0 Å². The number of phosphoric acid groups is 1. The molecule has 0 saturated heterocycles. The predicted molar refractivity (Wildman–Crippen MR) is 34.7 cm³/mol. The highest BCUT2D eigenvalue weighted by Gasteiger charge is 2.29. The van der Waals surface area contributed by atoms with E-state index in [0.29, 0.717) is 0 Å². The minimum Gasteiger partial charge on any atom is -0.480 e. The predicted octanol–water partition coefficient (Wildman–Crippen LogP) is -2.17. The fraction of sp³-hybridized carbons (Fsp3) is 0.667. The second kappa shape index (κ2) is 3.94. The first-order chi connectivity index (χ1) is 5.24. The van der Waals surface area contributed by atoms with Gasteiger partial charge in [-0.1, -0.05) is 0 Å². The van der Waals surface area contributed by atoms with Gasteiger partial charge in [0, 0.05) is 0 Å². The van der Waals surface area contributed by atoms with Crippen molar-refractivity contribution in [2.24, 2.45) is 5.73 Å². The molecule has 0 amide bonds. The Balaban J connectivity index is 4.13. The number of aliphatic carboxylic acids is 1. The molecule has 0 aliphatic heterocycles. The summed E-state index contributed by atoms with van der Waals surface area (Å²) in [6, 6.07) is -1.89. The van der Waals surface area contributed by atoms with Crippen molar-refractivity contribution in [2.45, 2.75) is 12.3 Å². The Kier molecular flexibility index (Phi) is 3.78. The third kappa shape index (κ3) is 4.39. The first-order valence-corrected chi connectivity index (χ1v) is 4.17. The number of carboxylic acids is 1. The van der Waals surface area contributed by atoms with E-state index in [1.807, 2.05) is 0 Å². The van der Waals surface area contributed by atoms with Crippen LogP contribution in [0.5, 0.6) is 0 Å². The molecule has 0 bridgehead atoms. The molecule has 6 N–H and O–H groups in total.